The molecular weight excluding hydrogens is 242 g/mol. The fourth-order valence-electron chi connectivity index (χ4n) is 2.57. The molecule has 1 aliphatic heterocycles. The van der Waals surface area contributed by atoms with Gasteiger partial charge in [-0.15, -0.1) is 11.3 Å². The number of hydrogen-bond donors (Lipinski definition) is 1. The summed E-state index contributed by atoms with van der Waals surface area (Å²) in [7, 11) is 0. The van der Waals surface area contributed by atoms with Gasteiger partial charge in [0.25, 0.3) is 0 Å². The van der Waals surface area contributed by atoms with E-state index in [0.717, 1.165) is 19.6 Å². The highest BCUT2D eigenvalue weighted by atomic mass is 32.1. The number of ether oxygens (including phenoxy) is 1. The molecule has 1 saturated heterocycles. The minimum atomic E-state index is 0.480. The zero-order valence-corrected chi connectivity index (χ0v) is 12.6. The average Bonchev–Trinajstić information content (AvgIpc) is 2.67. The molecule has 0 radical (unpaired) electrons. The minimum absolute atomic E-state index is 0.480. The molecule has 0 spiro atoms. The lowest BCUT2D eigenvalue weighted by Gasteiger charge is -2.30. The van der Waals surface area contributed by atoms with Crippen molar-refractivity contribution in [2.75, 3.05) is 6.61 Å². The fraction of sp³-hybridized carbons (Fsp3) is 0.733. The first kappa shape index (κ1) is 14.0. The first-order valence-corrected chi connectivity index (χ1v) is 7.91. The lowest BCUT2D eigenvalue weighted by Crippen LogP contribution is -2.38. The summed E-state index contributed by atoms with van der Waals surface area (Å²) < 4.78 is 5.79. The molecule has 2 rings (SSSR count). The molecule has 1 aliphatic rings. The molecule has 2 nitrogen and oxygen atoms in total. The maximum atomic E-state index is 5.79. The van der Waals surface area contributed by atoms with Gasteiger partial charge >= 0.3 is 0 Å². The first-order valence-electron chi connectivity index (χ1n) is 7.10. The summed E-state index contributed by atoms with van der Waals surface area (Å²) in [6.07, 6.45) is 5.24. The molecule has 0 aliphatic carbocycles. The highest BCUT2D eigenvalue weighted by molar-refractivity contribution is 7.12. The molecule has 2 atom stereocenters. The van der Waals surface area contributed by atoms with Gasteiger partial charge in [0, 0.05) is 28.9 Å². The second-order valence-corrected chi connectivity index (χ2v) is 6.68. The Hall–Kier alpha value is -0.380. The van der Waals surface area contributed by atoms with Crippen LogP contribution >= 0.6 is 11.3 Å². The molecule has 2 heterocycles. The number of aryl methyl sites for hydroxylation is 2. The lowest BCUT2D eigenvalue weighted by molar-refractivity contribution is -0.00338. The van der Waals surface area contributed by atoms with Gasteiger partial charge in [0.05, 0.1) is 6.10 Å². The van der Waals surface area contributed by atoms with E-state index >= 15 is 0 Å². The fourth-order valence-corrected chi connectivity index (χ4v) is 3.57. The van der Waals surface area contributed by atoms with Crippen LogP contribution in [0.2, 0.25) is 0 Å². The summed E-state index contributed by atoms with van der Waals surface area (Å²) in [6.45, 7) is 8.57. The number of thiophene rings is 1. The van der Waals surface area contributed by atoms with Crippen LogP contribution in [-0.2, 0) is 11.3 Å². The third-order valence-corrected chi connectivity index (χ3v) is 4.91. The predicted octanol–water partition coefficient (Wildman–Crippen LogP) is 3.80. The van der Waals surface area contributed by atoms with Crippen molar-refractivity contribution in [3.63, 3.8) is 0 Å². The topological polar surface area (TPSA) is 21.3 Å². The van der Waals surface area contributed by atoms with Gasteiger partial charge in [-0.2, -0.15) is 0 Å². The molecule has 0 bridgehead atoms. The molecular formula is C15H25NOS. The summed E-state index contributed by atoms with van der Waals surface area (Å²) in [4.78, 5) is 2.91. The molecule has 1 fully saturated rings. The SMILES string of the molecule is CCCC1CC(NCc2cc(C)c(C)s2)CCO1. The van der Waals surface area contributed by atoms with Gasteiger partial charge in [-0.05, 0) is 44.7 Å². The number of nitrogens with one attached hydrogen (secondary N) is 1. The van der Waals surface area contributed by atoms with Gasteiger partial charge in [-0.25, -0.2) is 0 Å². The van der Waals surface area contributed by atoms with Crippen LogP contribution in [0, 0.1) is 13.8 Å². The molecule has 1 aromatic heterocycles. The van der Waals surface area contributed by atoms with Crippen molar-refractivity contribution in [3.05, 3.63) is 21.4 Å². The molecule has 18 heavy (non-hydrogen) atoms. The molecule has 0 aromatic carbocycles. The zero-order valence-electron chi connectivity index (χ0n) is 11.8. The second-order valence-electron chi connectivity index (χ2n) is 5.34. The van der Waals surface area contributed by atoms with Crippen molar-refractivity contribution in [2.24, 2.45) is 0 Å². The van der Waals surface area contributed by atoms with Gasteiger partial charge in [0.15, 0.2) is 0 Å². The van der Waals surface area contributed by atoms with Crippen LogP contribution < -0.4 is 5.32 Å². The Morgan fingerprint density at radius 2 is 2.28 bits per heavy atom. The van der Waals surface area contributed by atoms with Crippen LogP contribution in [0.1, 0.15) is 47.9 Å². The quantitative estimate of drug-likeness (QED) is 0.876. The van der Waals surface area contributed by atoms with Crippen LogP contribution in [-0.4, -0.2) is 18.8 Å². The monoisotopic (exact) mass is 267 g/mol. The Morgan fingerprint density at radius 1 is 1.44 bits per heavy atom. The zero-order chi connectivity index (χ0) is 13.0. The van der Waals surface area contributed by atoms with Gasteiger partial charge in [0.1, 0.15) is 0 Å². The van der Waals surface area contributed by atoms with E-state index in [4.69, 9.17) is 4.74 Å². The summed E-state index contributed by atoms with van der Waals surface area (Å²) in [6, 6.07) is 2.95. The highest BCUT2D eigenvalue weighted by Crippen LogP contribution is 2.22. The van der Waals surface area contributed by atoms with Gasteiger partial charge < -0.3 is 10.1 Å². The standard InChI is InChI=1S/C15H25NOS/c1-4-5-14-9-13(6-7-17-14)16-10-15-8-11(2)12(3)18-15/h8,13-14,16H,4-7,9-10H2,1-3H3. The van der Waals surface area contributed by atoms with Crippen molar-refractivity contribution in [1.82, 2.24) is 5.32 Å². The van der Waals surface area contributed by atoms with E-state index in [1.165, 1.54) is 34.6 Å². The van der Waals surface area contributed by atoms with Crippen molar-refractivity contribution in [3.8, 4) is 0 Å². The summed E-state index contributed by atoms with van der Waals surface area (Å²) in [5.41, 5.74) is 1.42. The van der Waals surface area contributed by atoms with Gasteiger partial charge in [0.2, 0.25) is 0 Å². The molecule has 2 unspecified atom stereocenters. The van der Waals surface area contributed by atoms with Gasteiger partial charge in [-0.3, -0.25) is 0 Å². The van der Waals surface area contributed by atoms with Crippen LogP contribution in [0.15, 0.2) is 6.07 Å². The number of rotatable bonds is 5. The maximum absolute atomic E-state index is 5.79. The van der Waals surface area contributed by atoms with E-state index in [2.05, 4.69) is 32.2 Å². The van der Waals surface area contributed by atoms with E-state index in [9.17, 15) is 0 Å². The molecule has 0 amide bonds. The molecule has 1 N–H and O–H groups in total. The van der Waals surface area contributed by atoms with Crippen LogP contribution in [0.25, 0.3) is 0 Å². The first-order chi connectivity index (χ1) is 8.69. The minimum Gasteiger partial charge on any atom is -0.378 e. The van der Waals surface area contributed by atoms with Gasteiger partial charge in [-0.1, -0.05) is 13.3 Å². The highest BCUT2D eigenvalue weighted by Gasteiger charge is 2.21. The maximum Gasteiger partial charge on any atom is 0.0589 e. The van der Waals surface area contributed by atoms with Crippen LogP contribution in [0.4, 0.5) is 0 Å². The van der Waals surface area contributed by atoms with Crippen LogP contribution in [0.5, 0.6) is 0 Å². The van der Waals surface area contributed by atoms with Crippen molar-refractivity contribution in [1.29, 1.82) is 0 Å². The summed E-state index contributed by atoms with van der Waals surface area (Å²) in [5.74, 6) is 0. The molecule has 1 aromatic rings. The smallest absolute Gasteiger partial charge is 0.0589 e. The van der Waals surface area contributed by atoms with Crippen LogP contribution in [0.3, 0.4) is 0 Å². The van der Waals surface area contributed by atoms with Crippen molar-refractivity contribution >= 4 is 11.3 Å². The normalized spacial score (nSPS) is 24.4. The number of hydrogen-bond acceptors (Lipinski definition) is 3. The third kappa shape index (κ3) is 3.81. The third-order valence-electron chi connectivity index (χ3n) is 3.76. The molecule has 3 heteroatoms. The van der Waals surface area contributed by atoms with Crippen molar-refractivity contribution < 1.29 is 4.74 Å². The Kier molecular flexibility index (Phi) is 5.22. The largest absolute Gasteiger partial charge is 0.378 e. The Labute approximate surface area is 115 Å². The Bertz CT molecular complexity index is 353. The average molecular weight is 267 g/mol. The Morgan fingerprint density at radius 3 is 2.94 bits per heavy atom. The molecule has 0 saturated carbocycles. The van der Waals surface area contributed by atoms with E-state index < -0.39 is 0 Å². The van der Waals surface area contributed by atoms with E-state index in [0.29, 0.717) is 12.1 Å². The Balaban J connectivity index is 1.79. The lowest BCUT2D eigenvalue weighted by atomic mass is 10.00. The van der Waals surface area contributed by atoms with E-state index in [-0.39, 0.29) is 0 Å². The summed E-state index contributed by atoms with van der Waals surface area (Å²) >= 11 is 1.92. The second kappa shape index (κ2) is 6.69. The predicted molar refractivity (Wildman–Crippen MR) is 78.3 cm³/mol. The van der Waals surface area contributed by atoms with Crippen molar-refractivity contribution in [2.45, 2.75) is 65.1 Å². The van der Waals surface area contributed by atoms with E-state index in [1.54, 1.807) is 0 Å². The van der Waals surface area contributed by atoms with E-state index in [1.807, 2.05) is 11.3 Å². The molecule has 102 valence electrons. The summed E-state index contributed by atoms with van der Waals surface area (Å²) in [5, 5.41) is 3.70.